The molecule has 0 N–H and O–H groups in total. The van der Waals surface area contributed by atoms with Crippen LogP contribution in [0.1, 0.15) is 18.3 Å². The highest BCUT2D eigenvalue weighted by atomic mass is 35.7. The standard InChI is InChI=1S/C13H15ClN2O2S/c1-2-12-15-13(19(14,17)18)10-16(12)9-8-11-6-4-3-5-7-11/h3-7,10H,2,8-9H2,1H3. The summed E-state index contributed by atoms with van der Waals surface area (Å²) in [7, 11) is 1.56. The van der Waals surface area contributed by atoms with Gasteiger partial charge in [-0.2, -0.15) is 0 Å². The molecular weight excluding hydrogens is 284 g/mol. The first kappa shape index (κ1) is 14.1. The summed E-state index contributed by atoms with van der Waals surface area (Å²) in [5.74, 6) is 0.732. The molecular formula is C13H15ClN2O2S. The minimum Gasteiger partial charge on any atom is -0.333 e. The molecule has 0 aliphatic heterocycles. The van der Waals surface area contributed by atoms with Crippen molar-refractivity contribution >= 4 is 19.7 Å². The Morgan fingerprint density at radius 1 is 1.26 bits per heavy atom. The van der Waals surface area contributed by atoms with E-state index in [-0.39, 0.29) is 5.03 Å². The SMILES string of the molecule is CCc1nc(S(=O)(=O)Cl)cn1CCc1ccccc1. The Bertz CT molecular complexity index is 651. The van der Waals surface area contributed by atoms with Crippen LogP contribution in [0, 0.1) is 0 Å². The Morgan fingerprint density at radius 3 is 2.53 bits per heavy atom. The molecule has 1 heterocycles. The van der Waals surface area contributed by atoms with Crippen molar-refractivity contribution < 1.29 is 8.42 Å². The van der Waals surface area contributed by atoms with Crippen molar-refractivity contribution in [2.75, 3.05) is 0 Å². The largest absolute Gasteiger partial charge is 0.333 e. The van der Waals surface area contributed by atoms with Gasteiger partial charge in [-0.1, -0.05) is 37.3 Å². The quantitative estimate of drug-likeness (QED) is 0.797. The van der Waals surface area contributed by atoms with Gasteiger partial charge in [0.05, 0.1) is 0 Å². The van der Waals surface area contributed by atoms with E-state index in [9.17, 15) is 8.42 Å². The van der Waals surface area contributed by atoms with Crippen molar-refractivity contribution in [1.29, 1.82) is 0 Å². The summed E-state index contributed by atoms with van der Waals surface area (Å²) in [6, 6.07) is 10.0. The number of nitrogens with zero attached hydrogens (tertiary/aromatic N) is 2. The molecule has 0 fully saturated rings. The molecule has 0 saturated carbocycles. The van der Waals surface area contributed by atoms with Gasteiger partial charge in [-0.15, -0.1) is 0 Å². The van der Waals surface area contributed by atoms with E-state index in [0.717, 1.165) is 12.2 Å². The van der Waals surface area contributed by atoms with Gasteiger partial charge in [-0.3, -0.25) is 0 Å². The summed E-state index contributed by atoms with van der Waals surface area (Å²) < 4.78 is 24.4. The van der Waals surface area contributed by atoms with Crippen molar-refractivity contribution in [3.8, 4) is 0 Å². The van der Waals surface area contributed by atoms with Crippen molar-refractivity contribution in [1.82, 2.24) is 9.55 Å². The average molecular weight is 299 g/mol. The lowest BCUT2D eigenvalue weighted by Gasteiger charge is -2.05. The van der Waals surface area contributed by atoms with Crippen LogP contribution in [-0.2, 0) is 28.4 Å². The maximum Gasteiger partial charge on any atom is 0.280 e. The van der Waals surface area contributed by atoms with E-state index >= 15 is 0 Å². The molecule has 0 unspecified atom stereocenters. The predicted octanol–water partition coefficient (Wildman–Crippen LogP) is 2.62. The predicted molar refractivity (Wildman–Crippen MR) is 74.8 cm³/mol. The van der Waals surface area contributed by atoms with E-state index < -0.39 is 9.05 Å². The van der Waals surface area contributed by atoms with Crippen molar-refractivity contribution in [2.45, 2.75) is 31.3 Å². The van der Waals surface area contributed by atoms with Crippen molar-refractivity contribution in [3.05, 3.63) is 47.9 Å². The normalized spacial score (nSPS) is 11.7. The molecule has 2 rings (SSSR count). The highest BCUT2D eigenvalue weighted by Gasteiger charge is 2.16. The molecule has 19 heavy (non-hydrogen) atoms. The Kier molecular flexibility index (Phi) is 4.27. The van der Waals surface area contributed by atoms with Gasteiger partial charge in [0, 0.05) is 29.8 Å². The summed E-state index contributed by atoms with van der Waals surface area (Å²) in [5.41, 5.74) is 1.20. The van der Waals surface area contributed by atoms with Crippen LogP contribution in [0.5, 0.6) is 0 Å². The fourth-order valence-electron chi connectivity index (χ4n) is 1.92. The third-order valence-electron chi connectivity index (χ3n) is 2.89. The Balaban J connectivity index is 2.18. The minimum atomic E-state index is -3.76. The van der Waals surface area contributed by atoms with E-state index in [2.05, 4.69) is 4.98 Å². The second kappa shape index (κ2) is 5.75. The van der Waals surface area contributed by atoms with Crippen LogP contribution in [0.2, 0.25) is 0 Å². The molecule has 0 bridgehead atoms. The summed E-state index contributed by atoms with van der Waals surface area (Å²) in [6.45, 7) is 2.62. The molecule has 0 radical (unpaired) electrons. The van der Waals surface area contributed by atoms with Gasteiger partial charge < -0.3 is 4.57 Å². The number of hydrogen-bond acceptors (Lipinski definition) is 3. The maximum absolute atomic E-state index is 11.3. The number of aromatic nitrogens is 2. The van der Waals surface area contributed by atoms with E-state index in [1.165, 1.54) is 11.8 Å². The number of aryl methyl sites for hydroxylation is 3. The number of benzene rings is 1. The van der Waals surface area contributed by atoms with Crippen LogP contribution in [-0.4, -0.2) is 18.0 Å². The number of halogens is 1. The molecule has 1 aromatic carbocycles. The molecule has 1 aromatic heterocycles. The maximum atomic E-state index is 11.3. The number of rotatable bonds is 5. The number of imidazole rings is 1. The molecule has 2 aromatic rings. The fourth-order valence-corrected chi connectivity index (χ4v) is 2.61. The van der Waals surface area contributed by atoms with Gasteiger partial charge in [-0.25, -0.2) is 13.4 Å². The van der Waals surface area contributed by atoms with Gasteiger partial charge in [0.1, 0.15) is 5.82 Å². The Hall–Kier alpha value is -1.33. The van der Waals surface area contributed by atoms with Gasteiger partial charge in [0.25, 0.3) is 9.05 Å². The lowest BCUT2D eigenvalue weighted by Crippen LogP contribution is -2.04. The Labute approximate surface area is 117 Å². The first-order valence-electron chi connectivity index (χ1n) is 6.05. The fraction of sp³-hybridized carbons (Fsp3) is 0.308. The van der Waals surface area contributed by atoms with Crippen LogP contribution in [0.15, 0.2) is 41.6 Å². The second-order valence-electron chi connectivity index (χ2n) is 4.22. The molecule has 0 atom stereocenters. The van der Waals surface area contributed by atoms with Crippen LogP contribution in [0.4, 0.5) is 0 Å². The van der Waals surface area contributed by atoms with E-state index in [4.69, 9.17) is 10.7 Å². The topological polar surface area (TPSA) is 52.0 Å². The summed E-state index contributed by atoms with van der Waals surface area (Å²) in [6.07, 6.45) is 3.00. The molecule has 0 saturated heterocycles. The zero-order valence-electron chi connectivity index (χ0n) is 10.6. The van der Waals surface area contributed by atoms with Gasteiger partial charge in [0.15, 0.2) is 5.03 Å². The third kappa shape index (κ3) is 3.58. The van der Waals surface area contributed by atoms with Crippen molar-refractivity contribution in [3.63, 3.8) is 0 Å². The van der Waals surface area contributed by atoms with E-state index in [1.54, 1.807) is 0 Å². The molecule has 6 heteroatoms. The first-order valence-corrected chi connectivity index (χ1v) is 8.36. The first-order chi connectivity index (χ1) is 9.00. The van der Waals surface area contributed by atoms with Crippen LogP contribution in [0.3, 0.4) is 0 Å². The molecule has 102 valence electrons. The zero-order chi connectivity index (χ0) is 13.9. The van der Waals surface area contributed by atoms with Crippen LogP contribution >= 0.6 is 10.7 Å². The van der Waals surface area contributed by atoms with E-state index in [1.807, 2.05) is 41.8 Å². The van der Waals surface area contributed by atoms with Gasteiger partial charge >= 0.3 is 0 Å². The zero-order valence-corrected chi connectivity index (χ0v) is 12.2. The molecule has 0 amide bonds. The van der Waals surface area contributed by atoms with Gasteiger partial charge in [-0.05, 0) is 12.0 Å². The molecule has 0 aliphatic carbocycles. The molecule has 4 nitrogen and oxygen atoms in total. The second-order valence-corrected chi connectivity index (χ2v) is 6.73. The summed E-state index contributed by atoms with van der Waals surface area (Å²) in [4.78, 5) is 4.06. The van der Waals surface area contributed by atoms with Crippen LogP contribution in [0.25, 0.3) is 0 Å². The lowest BCUT2D eigenvalue weighted by molar-refractivity contribution is 0.606. The van der Waals surface area contributed by atoms with Crippen molar-refractivity contribution in [2.24, 2.45) is 0 Å². The summed E-state index contributed by atoms with van der Waals surface area (Å²) >= 11 is 0. The number of hydrogen-bond donors (Lipinski definition) is 0. The lowest BCUT2D eigenvalue weighted by atomic mass is 10.1. The highest BCUT2D eigenvalue weighted by Crippen LogP contribution is 2.15. The highest BCUT2D eigenvalue weighted by molar-refractivity contribution is 8.13. The molecule has 0 aliphatic rings. The van der Waals surface area contributed by atoms with Gasteiger partial charge in [0.2, 0.25) is 0 Å². The van der Waals surface area contributed by atoms with Crippen LogP contribution < -0.4 is 0 Å². The minimum absolute atomic E-state index is 0.0703. The average Bonchev–Trinajstić information content (AvgIpc) is 2.81. The smallest absolute Gasteiger partial charge is 0.280 e. The van der Waals surface area contributed by atoms with E-state index in [0.29, 0.717) is 13.0 Å². The molecule has 0 spiro atoms. The monoisotopic (exact) mass is 298 g/mol. The third-order valence-corrected chi connectivity index (χ3v) is 4.06. The Morgan fingerprint density at radius 2 is 1.95 bits per heavy atom. The summed E-state index contributed by atoms with van der Waals surface area (Å²) in [5, 5.41) is -0.0703.